The van der Waals surface area contributed by atoms with Gasteiger partial charge >= 0.3 is 0 Å². The highest BCUT2D eigenvalue weighted by molar-refractivity contribution is 6.22. The minimum atomic E-state index is -1.31. The second-order valence-corrected chi connectivity index (χ2v) is 25.1. The van der Waals surface area contributed by atoms with Crippen molar-refractivity contribution in [2.45, 2.75) is 75.3 Å². The van der Waals surface area contributed by atoms with Crippen LogP contribution in [0.5, 0.6) is 0 Å². The van der Waals surface area contributed by atoms with Crippen LogP contribution in [-0.4, -0.2) is 179 Å². The third kappa shape index (κ3) is 11.1. The normalized spacial score (nSPS) is 19.1. The van der Waals surface area contributed by atoms with E-state index in [9.17, 15) is 47.9 Å². The molecule has 0 spiro atoms. The molecule has 9 heterocycles. The smallest absolute Gasteiger partial charge is 0.254 e. The van der Waals surface area contributed by atoms with Crippen molar-refractivity contribution in [3.05, 3.63) is 155 Å². The molecule has 0 saturated carbocycles. The van der Waals surface area contributed by atoms with Gasteiger partial charge in [-0.05, 0) is 74.1 Å². The number of nitrogens with two attached hydrogens (primary N) is 1. The van der Waals surface area contributed by atoms with Crippen LogP contribution in [0.4, 0.5) is 0 Å². The van der Waals surface area contributed by atoms with E-state index in [0.29, 0.717) is 79.0 Å². The lowest BCUT2D eigenvalue weighted by Crippen LogP contribution is -2.52. The molecule has 26 heteroatoms. The van der Waals surface area contributed by atoms with Crippen molar-refractivity contribution >= 4 is 153 Å². The minimum absolute atomic E-state index is 0.0205. The van der Waals surface area contributed by atoms with Gasteiger partial charge in [0.2, 0.25) is 41.4 Å². The summed E-state index contributed by atoms with van der Waals surface area (Å²) in [7, 11) is 0. The molecule has 6 aromatic heterocycles. The number of likely N-dealkylation sites (tertiary alicyclic amines) is 3. The number of para-hydroxylation sites is 5. The first-order chi connectivity index (χ1) is 47.0. The number of H-pyrrole nitrogens is 3. The number of benzene rings is 5. The minimum Gasteiger partial charge on any atom is -0.368 e. The zero-order chi connectivity index (χ0) is 66.9. The Morgan fingerprint density at radius 3 is 1.28 bits per heavy atom. The highest BCUT2D eigenvalue weighted by atomic mass is 16.2. The van der Waals surface area contributed by atoms with Crippen LogP contribution in [0.15, 0.2) is 127 Å². The number of carbonyl (C=O) groups is 10. The van der Waals surface area contributed by atoms with Gasteiger partial charge < -0.3 is 67.3 Å². The number of primary amides is 1. The van der Waals surface area contributed by atoms with E-state index in [0.717, 1.165) is 38.3 Å². The van der Waals surface area contributed by atoms with Crippen LogP contribution in [0.2, 0.25) is 0 Å². The standard InChI is InChI=1S/C71H64N16O10/c1-35(88)76-36-27-52(86(32-36)55(90)30-74-70(96)58-40-15-3-9-21-46(40)80-61-43-18-6-12-24-49(43)83-64(58)61)67(93)78-38-28-53(87(34-38)56(91)31-75-71(97)59-41-16-4-10-22-47(41)81-62-44-19-7-13-25-50(44)84-65(59)62)68(94)77-37-26-51(66(72)92)85(33-37)54(89)29-73-69(95)57-39-14-2-8-20-45(39)79-60-42-17-5-11-23-48(42)82-63(57)60/h3-13,15-25,36-38,51-53,82-84H,2,14,26-34H2,1H3,(H2,72,92)(H,73,95)(H,74,96)(H,75,97)(H,76,88)(H,77,94)(H,78,93)/t36-,37-,38-,51-,52-,53-/m0/s1. The lowest BCUT2D eigenvalue weighted by atomic mass is 9.95. The van der Waals surface area contributed by atoms with E-state index >= 15 is 0 Å². The summed E-state index contributed by atoms with van der Waals surface area (Å²) in [4.78, 5) is 170. The van der Waals surface area contributed by atoms with Crippen LogP contribution >= 0.6 is 0 Å². The second-order valence-electron chi connectivity index (χ2n) is 25.1. The van der Waals surface area contributed by atoms with Gasteiger partial charge in [0, 0.05) is 88.2 Å². The van der Waals surface area contributed by atoms with Crippen LogP contribution in [0, 0.1) is 0 Å². The molecule has 3 aliphatic heterocycles. The molecule has 4 aliphatic rings. The van der Waals surface area contributed by atoms with Gasteiger partial charge in [-0.3, -0.25) is 47.9 Å². The average molecular weight is 1300 g/mol. The Labute approximate surface area is 550 Å². The number of carbonyl (C=O) groups excluding carboxylic acids is 10. The summed E-state index contributed by atoms with van der Waals surface area (Å²) in [6, 6.07) is 30.5. The fourth-order valence-electron chi connectivity index (χ4n) is 14.7. The van der Waals surface area contributed by atoms with E-state index in [1.807, 2.05) is 91.0 Å². The SMILES string of the molecule is CC(=O)N[C@H]1C[C@@H](C(=O)N[C@H]2C[C@@H](C(=O)N[C@H]3C[C@@H](C(N)=O)N(C(=O)CNC(=O)c4c5c(nc6c4[nH]c4ccccc46)C=CCC5)C3)N(C(=O)CNC(=O)c3c4ccccc4nc4c3[nH]c3ccccc34)C2)N(C(=O)CNC(=O)c2c3ccccc3nc3c2[nH]c2ccccc23)C1. The number of fused-ring (bicyclic) bond motifs is 12. The molecule has 11 N–H and O–H groups in total. The summed E-state index contributed by atoms with van der Waals surface area (Å²) < 4.78 is 0. The number of nitrogens with one attached hydrogen (secondary N) is 9. The average Bonchev–Trinajstić information content (AvgIpc) is 1.52. The van der Waals surface area contributed by atoms with Crippen LogP contribution in [0.1, 0.15) is 74.9 Å². The highest BCUT2D eigenvalue weighted by Crippen LogP contribution is 2.36. The molecular formula is C71H64N16O10. The molecule has 6 atom stereocenters. The molecular weight excluding hydrogens is 1240 g/mol. The summed E-state index contributed by atoms with van der Waals surface area (Å²) in [5, 5.41) is 20.5. The first kappa shape index (κ1) is 61.1. The molecule has 0 unspecified atom stereocenters. The molecule has 97 heavy (non-hydrogen) atoms. The number of allylic oxidation sites excluding steroid dienone is 1. The Morgan fingerprint density at radius 2 is 0.835 bits per heavy atom. The Hall–Kier alpha value is -12.1. The van der Waals surface area contributed by atoms with Crippen LogP contribution in [0.25, 0.3) is 93.7 Å². The number of amides is 10. The lowest BCUT2D eigenvalue weighted by Gasteiger charge is -2.26. The lowest BCUT2D eigenvalue weighted by molar-refractivity contribution is -0.138. The third-order valence-electron chi connectivity index (χ3n) is 19.1. The summed E-state index contributed by atoms with van der Waals surface area (Å²) in [5.41, 5.74) is 14.7. The summed E-state index contributed by atoms with van der Waals surface area (Å²) in [5.74, 6) is -6.34. The monoisotopic (exact) mass is 1300 g/mol. The van der Waals surface area contributed by atoms with Crippen molar-refractivity contribution < 1.29 is 47.9 Å². The molecule has 0 radical (unpaired) electrons. The number of pyridine rings is 3. The topological polar surface area (TPSA) is 365 Å². The molecule has 3 saturated heterocycles. The number of hydrogen-bond donors (Lipinski definition) is 10. The fraction of sp³-hybridized carbons (Fsp3) is 0.254. The van der Waals surface area contributed by atoms with Crippen LogP contribution in [-0.2, 0) is 40.0 Å². The van der Waals surface area contributed by atoms with Crippen molar-refractivity contribution in [3.8, 4) is 0 Å². The summed E-state index contributed by atoms with van der Waals surface area (Å²) in [6.45, 7) is -0.909. The largest absolute Gasteiger partial charge is 0.368 e. The Balaban J connectivity index is 0.668. The molecule has 15 rings (SSSR count). The van der Waals surface area contributed by atoms with E-state index in [-0.39, 0.29) is 50.0 Å². The van der Waals surface area contributed by atoms with Gasteiger partial charge in [0.05, 0.1) is 86.2 Å². The molecule has 3 fully saturated rings. The van der Waals surface area contributed by atoms with E-state index in [1.54, 1.807) is 42.5 Å². The molecule has 1 aliphatic carbocycles. The summed E-state index contributed by atoms with van der Waals surface area (Å²) >= 11 is 0. The van der Waals surface area contributed by atoms with Crippen LogP contribution < -0.4 is 37.6 Å². The number of aromatic amines is 3. The number of hydrogen-bond acceptors (Lipinski definition) is 13. The van der Waals surface area contributed by atoms with Crippen molar-refractivity contribution in [1.29, 1.82) is 0 Å². The zero-order valence-electron chi connectivity index (χ0n) is 52.3. The van der Waals surface area contributed by atoms with Gasteiger partial charge in [-0.15, -0.1) is 0 Å². The maximum atomic E-state index is 14.9. The maximum Gasteiger partial charge on any atom is 0.254 e. The predicted octanol–water partition coefficient (Wildman–Crippen LogP) is 4.39. The van der Waals surface area contributed by atoms with Gasteiger partial charge in [0.1, 0.15) is 18.1 Å². The number of rotatable bonds is 15. The second kappa shape index (κ2) is 24.7. The van der Waals surface area contributed by atoms with Crippen molar-refractivity contribution in [1.82, 2.24) is 76.5 Å². The van der Waals surface area contributed by atoms with Crippen molar-refractivity contribution in [2.24, 2.45) is 5.73 Å². The molecule has 0 bridgehead atoms. The fourth-order valence-corrected chi connectivity index (χ4v) is 14.7. The van der Waals surface area contributed by atoms with E-state index < -0.39 is 115 Å². The van der Waals surface area contributed by atoms with Gasteiger partial charge in [0.25, 0.3) is 17.7 Å². The number of nitrogens with zero attached hydrogens (tertiary/aromatic N) is 6. The van der Waals surface area contributed by atoms with Gasteiger partial charge in [-0.1, -0.05) is 97.1 Å². The van der Waals surface area contributed by atoms with Crippen molar-refractivity contribution in [2.75, 3.05) is 39.3 Å². The van der Waals surface area contributed by atoms with E-state index in [2.05, 4.69) is 46.9 Å². The van der Waals surface area contributed by atoms with Crippen molar-refractivity contribution in [3.63, 3.8) is 0 Å². The third-order valence-corrected chi connectivity index (χ3v) is 19.1. The highest BCUT2D eigenvalue weighted by Gasteiger charge is 2.46. The molecule has 11 aromatic rings. The molecule has 488 valence electrons. The van der Waals surface area contributed by atoms with Gasteiger partial charge in [-0.2, -0.15) is 0 Å². The maximum absolute atomic E-state index is 14.9. The molecule has 5 aromatic carbocycles. The van der Waals surface area contributed by atoms with Gasteiger partial charge in [-0.25, -0.2) is 15.0 Å². The first-order valence-electron chi connectivity index (χ1n) is 32.1. The zero-order valence-corrected chi connectivity index (χ0v) is 52.3. The Bertz CT molecular complexity index is 5250. The van der Waals surface area contributed by atoms with E-state index in [1.165, 1.54) is 21.6 Å². The van der Waals surface area contributed by atoms with Crippen LogP contribution in [0.3, 0.4) is 0 Å². The predicted molar refractivity (Wildman–Crippen MR) is 361 cm³/mol. The first-order valence-corrected chi connectivity index (χ1v) is 32.1. The molecule has 26 nitrogen and oxygen atoms in total. The number of aromatic nitrogens is 6. The Morgan fingerprint density at radius 1 is 0.464 bits per heavy atom. The Kier molecular flexibility index (Phi) is 15.5. The molecule has 10 amide bonds. The quantitative estimate of drug-likeness (QED) is 0.0682. The van der Waals surface area contributed by atoms with Gasteiger partial charge in [0.15, 0.2) is 0 Å². The van der Waals surface area contributed by atoms with E-state index in [4.69, 9.17) is 20.7 Å². The summed E-state index contributed by atoms with van der Waals surface area (Å²) in [6.07, 6.45) is 4.76.